The van der Waals surface area contributed by atoms with Crippen LogP contribution in [0.3, 0.4) is 0 Å². The molecule has 51 heavy (non-hydrogen) atoms. The number of aromatic nitrogens is 4. The zero-order valence-electron chi connectivity index (χ0n) is 27.4. The van der Waals surface area contributed by atoms with Crippen LogP contribution in [-0.4, -0.2) is 19.5 Å². The normalized spacial score (nSPS) is 12.9. The lowest BCUT2D eigenvalue weighted by Gasteiger charge is -2.16. The van der Waals surface area contributed by atoms with Crippen LogP contribution in [0.25, 0.3) is 72.8 Å². The lowest BCUT2D eigenvalue weighted by Crippen LogP contribution is -2.04. The Morgan fingerprint density at radius 2 is 1.12 bits per heavy atom. The highest BCUT2D eigenvalue weighted by Gasteiger charge is 2.30. The van der Waals surface area contributed by atoms with Gasteiger partial charge < -0.3 is 4.57 Å². The number of hydrogen-bond donors (Lipinski definition) is 0. The summed E-state index contributed by atoms with van der Waals surface area (Å²) in [5.41, 5.74) is 8.35. The van der Waals surface area contributed by atoms with Gasteiger partial charge in [-0.3, -0.25) is 0 Å². The first-order valence-corrected chi connectivity index (χ1v) is 16.7. The molecule has 0 bridgehead atoms. The predicted octanol–water partition coefficient (Wildman–Crippen LogP) is 11.6. The van der Waals surface area contributed by atoms with Crippen molar-refractivity contribution in [3.63, 3.8) is 0 Å². The van der Waals surface area contributed by atoms with E-state index in [0.717, 1.165) is 50.8 Å². The van der Waals surface area contributed by atoms with E-state index in [4.69, 9.17) is 15.0 Å². The van der Waals surface area contributed by atoms with Crippen LogP contribution in [0.2, 0.25) is 0 Å². The molecule has 1 aliphatic carbocycles. The maximum absolute atomic E-state index is 13.6. The Hall–Kier alpha value is -6.34. The highest BCUT2D eigenvalue weighted by Crippen LogP contribution is 2.40. The van der Waals surface area contributed by atoms with Crippen molar-refractivity contribution in [1.82, 2.24) is 19.5 Å². The van der Waals surface area contributed by atoms with Gasteiger partial charge in [-0.2, -0.15) is 13.2 Å². The Bertz CT molecular complexity index is 2560. The van der Waals surface area contributed by atoms with Crippen LogP contribution < -0.4 is 0 Å². The summed E-state index contributed by atoms with van der Waals surface area (Å²) in [5, 5.41) is 2.31. The minimum Gasteiger partial charge on any atom is -0.309 e. The molecule has 246 valence electrons. The summed E-state index contributed by atoms with van der Waals surface area (Å²) in [6, 6.07) is 43.8. The molecule has 0 radical (unpaired) electrons. The molecule has 0 saturated heterocycles. The van der Waals surface area contributed by atoms with E-state index in [0.29, 0.717) is 40.1 Å². The molecule has 0 atom stereocenters. The average Bonchev–Trinajstić information content (AvgIpc) is 3.97. The second kappa shape index (κ2) is 11.9. The van der Waals surface area contributed by atoms with E-state index >= 15 is 0 Å². The molecule has 6 aromatic carbocycles. The molecule has 2 heterocycles. The van der Waals surface area contributed by atoms with E-state index < -0.39 is 11.7 Å². The molecule has 0 amide bonds. The van der Waals surface area contributed by atoms with Gasteiger partial charge in [0.05, 0.1) is 16.6 Å². The minimum absolute atomic E-state index is 0.369. The van der Waals surface area contributed by atoms with Crippen molar-refractivity contribution in [1.29, 1.82) is 0 Å². The lowest BCUT2D eigenvalue weighted by atomic mass is 9.97. The molecular formula is C44H29F3N4. The topological polar surface area (TPSA) is 43.6 Å². The number of rotatable bonds is 6. The summed E-state index contributed by atoms with van der Waals surface area (Å²) in [5.74, 6) is 1.78. The standard InChI is InChI=1S/C44H29F3N4/c1-27-12-22-39-36(24-27)37-25-32(28-13-14-28)17-23-40(37)51(39)34-20-21-35(29-15-18-33(19-16-29)44(45,46)47)38(26-34)43-49-41(30-8-4-2-5-9-30)48-42(50-43)31-10-6-3-7-11-31/h2-26,28H,1H3. The van der Waals surface area contributed by atoms with Crippen molar-refractivity contribution >= 4 is 21.8 Å². The van der Waals surface area contributed by atoms with Crippen molar-refractivity contribution < 1.29 is 13.2 Å². The number of hydrogen-bond acceptors (Lipinski definition) is 3. The molecular weight excluding hydrogens is 642 g/mol. The van der Waals surface area contributed by atoms with Crippen molar-refractivity contribution in [2.75, 3.05) is 0 Å². The summed E-state index contributed by atoms with van der Waals surface area (Å²) in [6.45, 7) is 2.10. The fraction of sp³-hybridized carbons (Fsp3) is 0.0682. The van der Waals surface area contributed by atoms with Gasteiger partial charge in [-0.1, -0.05) is 109 Å². The Morgan fingerprint density at radius 1 is 0.529 bits per heavy atom. The molecule has 0 N–H and O–H groups in total. The van der Waals surface area contributed by atoms with Gasteiger partial charge in [-0.25, -0.2) is 15.0 Å². The van der Waals surface area contributed by atoms with E-state index in [1.54, 1.807) is 0 Å². The zero-order valence-corrected chi connectivity index (χ0v) is 27.4. The van der Waals surface area contributed by atoms with E-state index in [-0.39, 0.29) is 0 Å². The number of aryl methyl sites for hydroxylation is 1. The van der Waals surface area contributed by atoms with Crippen LogP contribution in [-0.2, 0) is 6.18 Å². The van der Waals surface area contributed by atoms with Gasteiger partial charge in [0.25, 0.3) is 0 Å². The van der Waals surface area contributed by atoms with Crippen LogP contribution in [0.4, 0.5) is 13.2 Å². The average molecular weight is 671 g/mol. The van der Waals surface area contributed by atoms with Crippen molar-refractivity contribution in [3.8, 4) is 51.0 Å². The Labute approximate surface area is 292 Å². The third-order valence-electron chi connectivity index (χ3n) is 9.44. The number of fused-ring (bicyclic) bond motifs is 3. The largest absolute Gasteiger partial charge is 0.416 e. The molecule has 0 aliphatic heterocycles. The summed E-state index contributed by atoms with van der Waals surface area (Å²) < 4.78 is 43.1. The third-order valence-corrected chi connectivity index (χ3v) is 9.44. The predicted molar refractivity (Wildman–Crippen MR) is 198 cm³/mol. The first-order chi connectivity index (χ1) is 24.8. The van der Waals surface area contributed by atoms with E-state index in [1.807, 2.05) is 78.9 Å². The summed E-state index contributed by atoms with van der Waals surface area (Å²) in [6.07, 6.45) is -0.0567. The number of nitrogens with zero attached hydrogens (tertiary/aromatic N) is 4. The van der Waals surface area contributed by atoms with Crippen LogP contribution in [0.5, 0.6) is 0 Å². The van der Waals surface area contributed by atoms with Gasteiger partial charge in [0.15, 0.2) is 17.5 Å². The van der Waals surface area contributed by atoms with Gasteiger partial charge in [-0.15, -0.1) is 0 Å². The second-order valence-corrected chi connectivity index (χ2v) is 12.9. The lowest BCUT2D eigenvalue weighted by molar-refractivity contribution is -0.137. The van der Waals surface area contributed by atoms with Crippen molar-refractivity contribution in [2.45, 2.75) is 19.0 Å². The number of allylic oxidation sites excluding steroid dienone is 2. The summed E-state index contributed by atoms with van der Waals surface area (Å²) >= 11 is 0. The molecule has 0 unspecified atom stereocenters. The monoisotopic (exact) mass is 670 g/mol. The second-order valence-electron chi connectivity index (χ2n) is 12.9. The van der Waals surface area contributed by atoms with E-state index in [9.17, 15) is 13.2 Å². The van der Waals surface area contributed by atoms with Crippen LogP contribution in [0.15, 0.2) is 152 Å². The summed E-state index contributed by atoms with van der Waals surface area (Å²) in [4.78, 5) is 14.9. The first kappa shape index (κ1) is 30.7. The highest BCUT2D eigenvalue weighted by atomic mass is 19.4. The van der Waals surface area contributed by atoms with Crippen LogP contribution in [0, 0.1) is 6.92 Å². The number of alkyl halides is 3. The quantitative estimate of drug-likeness (QED) is 0.165. The molecule has 0 fully saturated rings. The van der Waals surface area contributed by atoms with E-state index in [2.05, 4.69) is 60.0 Å². The van der Waals surface area contributed by atoms with Gasteiger partial charge >= 0.3 is 6.18 Å². The van der Waals surface area contributed by atoms with Crippen molar-refractivity contribution in [2.24, 2.45) is 0 Å². The molecule has 0 saturated carbocycles. The Balaban J connectivity index is 1.31. The Morgan fingerprint density at radius 3 is 1.73 bits per heavy atom. The van der Waals surface area contributed by atoms with Crippen molar-refractivity contribution in [3.05, 3.63) is 168 Å². The molecule has 8 aromatic rings. The zero-order chi connectivity index (χ0) is 34.7. The molecule has 9 rings (SSSR count). The fourth-order valence-electron chi connectivity index (χ4n) is 6.79. The van der Waals surface area contributed by atoms with Gasteiger partial charge in [0.1, 0.15) is 0 Å². The smallest absolute Gasteiger partial charge is 0.309 e. The Kier molecular flexibility index (Phi) is 7.17. The number of benzene rings is 6. The van der Waals surface area contributed by atoms with Crippen LogP contribution >= 0.6 is 0 Å². The molecule has 1 aliphatic rings. The van der Waals surface area contributed by atoms with Gasteiger partial charge in [0.2, 0.25) is 0 Å². The first-order valence-electron chi connectivity index (χ1n) is 16.7. The maximum Gasteiger partial charge on any atom is 0.416 e. The van der Waals surface area contributed by atoms with Crippen LogP contribution in [0.1, 0.15) is 22.6 Å². The fourth-order valence-corrected chi connectivity index (χ4v) is 6.79. The molecule has 0 spiro atoms. The third kappa shape index (κ3) is 5.66. The van der Waals surface area contributed by atoms with Gasteiger partial charge in [0, 0.05) is 39.1 Å². The van der Waals surface area contributed by atoms with Gasteiger partial charge in [-0.05, 0) is 72.1 Å². The molecule has 2 aromatic heterocycles. The SMILES string of the molecule is Cc1ccc2c(c1)c1cc(C3C=C3)ccc1n2-c1ccc(-c2ccc(C(F)(F)F)cc2)c(-c2nc(-c3ccccc3)nc(-c3ccccc3)n2)c1. The number of halogens is 3. The van der Waals surface area contributed by atoms with E-state index in [1.165, 1.54) is 23.3 Å². The molecule has 4 nitrogen and oxygen atoms in total. The molecule has 7 heteroatoms. The minimum atomic E-state index is -4.45. The maximum atomic E-state index is 13.6. The summed E-state index contributed by atoms with van der Waals surface area (Å²) in [7, 11) is 0. The highest BCUT2D eigenvalue weighted by molar-refractivity contribution is 6.10.